The van der Waals surface area contributed by atoms with Gasteiger partial charge in [0.25, 0.3) is 5.91 Å². The van der Waals surface area contributed by atoms with E-state index in [1.54, 1.807) is 0 Å². The normalized spacial score (nSPS) is 12.4. The minimum absolute atomic E-state index is 0.0131. The van der Waals surface area contributed by atoms with Crippen LogP contribution in [-0.4, -0.2) is 45.2 Å². The molecule has 0 aliphatic heterocycles. The fraction of sp³-hybridized carbons (Fsp3) is 0.240. The molecule has 1 aliphatic carbocycles. The van der Waals surface area contributed by atoms with Crippen LogP contribution >= 0.6 is 0 Å². The van der Waals surface area contributed by atoms with Gasteiger partial charge in [-0.3, -0.25) is 4.79 Å². The number of carboxylic acids is 1. The van der Waals surface area contributed by atoms with Gasteiger partial charge in [0.2, 0.25) is 0 Å². The van der Waals surface area contributed by atoms with Crippen molar-refractivity contribution in [2.24, 2.45) is 0 Å². The molecule has 0 radical (unpaired) electrons. The van der Waals surface area contributed by atoms with Gasteiger partial charge in [0.15, 0.2) is 0 Å². The Bertz CT molecular complexity index is 1190. The maximum absolute atomic E-state index is 12.3. The number of amides is 2. The third-order valence-corrected chi connectivity index (χ3v) is 5.66. The van der Waals surface area contributed by atoms with Gasteiger partial charge in [-0.1, -0.05) is 48.5 Å². The lowest BCUT2D eigenvalue weighted by atomic mass is 9.98. The second-order valence-electron chi connectivity index (χ2n) is 8.45. The first kappa shape index (κ1) is 22.9. The molecule has 1 aromatic heterocycles. The largest absolute Gasteiger partial charge is 0.480 e. The number of ether oxygens (including phenoxy) is 1. The average molecular weight is 460 g/mol. The predicted octanol–water partition coefficient (Wildman–Crippen LogP) is 3.11. The van der Waals surface area contributed by atoms with Crippen molar-refractivity contribution in [3.63, 3.8) is 0 Å². The topological polar surface area (TPSA) is 131 Å². The number of rotatable bonds is 7. The number of nitrogens with zero attached hydrogens (tertiary/aromatic N) is 2. The van der Waals surface area contributed by atoms with Crippen LogP contribution < -0.4 is 10.6 Å². The van der Waals surface area contributed by atoms with E-state index in [9.17, 15) is 14.4 Å². The van der Waals surface area contributed by atoms with Crippen LogP contribution in [-0.2, 0) is 16.1 Å². The van der Waals surface area contributed by atoms with Crippen LogP contribution in [0.2, 0.25) is 0 Å². The molecule has 0 saturated carbocycles. The second-order valence-corrected chi connectivity index (χ2v) is 8.45. The van der Waals surface area contributed by atoms with E-state index in [4.69, 9.17) is 9.84 Å². The van der Waals surface area contributed by atoms with Crippen molar-refractivity contribution in [3.05, 3.63) is 83.4 Å². The van der Waals surface area contributed by atoms with E-state index in [-0.39, 0.29) is 30.5 Å². The Hall–Kier alpha value is -4.27. The van der Waals surface area contributed by atoms with Crippen LogP contribution in [0.25, 0.3) is 11.1 Å². The lowest BCUT2D eigenvalue weighted by molar-refractivity contribution is -0.143. The molecule has 2 aromatic carbocycles. The van der Waals surface area contributed by atoms with Gasteiger partial charge in [0, 0.05) is 18.3 Å². The molecule has 0 spiro atoms. The Balaban J connectivity index is 1.31. The number of aromatic nitrogens is 2. The number of carbonyl (C=O) groups is 3. The van der Waals surface area contributed by atoms with Crippen LogP contribution in [0.4, 0.5) is 4.79 Å². The molecule has 0 bridgehead atoms. The molecular formula is C25H24N4O5. The van der Waals surface area contributed by atoms with Crippen molar-refractivity contribution in [3.8, 4) is 11.1 Å². The summed E-state index contributed by atoms with van der Waals surface area (Å²) in [5.41, 5.74) is 3.23. The fourth-order valence-electron chi connectivity index (χ4n) is 3.77. The smallest absolute Gasteiger partial charge is 0.407 e. The fourth-order valence-corrected chi connectivity index (χ4v) is 3.77. The zero-order valence-corrected chi connectivity index (χ0v) is 18.7. The standard InChI is InChI=1S/C25H24N4O5/c1-25(2,23(31)32)29-22(30)15-11-26-21(27-12-15)13-28-24(33)34-14-20-18-9-5-3-7-16(18)17-8-4-6-10-19(17)20/h3-12,20H,13-14H2,1-2H3,(H,28,33)(H,29,30)(H,31,32). The molecule has 34 heavy (non-hydrogen) atoms. The van der Waals surface area contributed by atoms with E-state index in [0.29, 0.717) is 0 Å². The van der Waals surface area contributed by atoms with Crippen LogP contribution in [0.3, 0.4) is 0 Å². The van der Waals surface area contributed by atoms with Crippen molar-refractivity contribution >= 4 is 18.0 Å². The highest BCUT2D eigenvalue weighted by Crippen LogP contribution is 2.44. The first-order valence-corrected chi connectivity index (χ1v) is 10.7. The lowest BCUT2D eigenvalue weighted by Crippen LogP contribution is -2.49. The van der Waals surface area contributed by atoms with Gasteiger partial charge in [-0.15, -0.1) is 0 Å². The van der Waals surface area contributed by atoms with Crippen molar-refractivity contribution in [1.29, 1.82) is 0 Å². The summed E-state index contributed by atoms with van der Waals surface area (Å²) in [5.74, 6) is -1.53. The van der Waals surface area contributed by atoms with Gasteiger partial charge in [0.05, 0.1) is 12.1 Å². The third-order valence-electron chi connectivity index (χ3n) is 5.66. The van der Waals surface area contributed by atoms with E-state index in [1.165, 1.54) is 26.2 Å². The van der Waals surface area contributed by atoms with Gasteiger partial charge < -0.3 is 20.5 Å². The number of benzene rings is 2. The molecule has 174 valence electrons. The first-order valence-electron chi connectivity index (χ1n) is 10.7. The Kier molecular flexibility index (Phi) is 6.27. The minimum atomic E-state index is -1.43. The average Bonchev–Trinajstić information content (AvgIpc) is 3.15. The summed E-state index contributed by atoms with van der Waals surface area (Å²) in [4.78, 5) is 43.7. The molecular weight excluding hydrogens is 436 g/mol. The number of carboxylic acid groups (broad SMARTS) is 1. The highest BCUT2D eigenvalue weighted by Gasteiger charge is 2.30. The number of hydrogen-bond donors (Lipinski definition) is 3. The number of alkyl carbamates (subject to hydrolysis) is 1. The van der Waals surface area contributed by atoms with E-state index in [0.717, 1.165) is 22.3 Å². The monoisotopic (exact) mass is 460 g/mol. The number of fused-ring (bicyclic) bond motifs is 3. The van der Waals surface area contributed by atoms with Crippen molar-refractivity contribution in [2.75, 3.05) is 6.61 Å². The second kappa shape index (κ2) is 9.30. The minimum Gasteiger partial charge on any atom is -0.480 e. The molecule has 4 rings (SSSR count). The predicted molar refractivity (Wildman–Crippen MR) is 123 cm³/mol. The number of nitrogens with one attached hydrogen (secondary N) is 2. The summed E-state index contributed by atoms with van der Waals surface area (Å²) >= 11 is 0. The van der Waals surface area contributed by atoms with Crippen molar-refractivity contribution in [1.82, 2.24) is 20.6 Å². The van der Waals surface area contributed by atoms with Crippen LogP contribution in [0.15, 0.2) is 60.9 Å². The highest BCUT2D eigenvalue weighted by molar-refractivity contribution is 5.97. The molecule has 3 aromatic rings. The van der Waals surface area contributed by atoms with Gasteiger partial charge in [-0.2, -0.15) is 0 Å². The Labute approximate surface area is 196 Å². The van der Waals surface area contributed by atoms with Crippen LogP contribution in [0, 0.1) is 0 Å². The Morgan fingerprint density at radius 2 is 1.53 bits per heavy atom. The molecule has 0 saturated heterocycles. The highest BCUT2D eigenvalue weighted by atomic mass is 16.5. The quantitative estimate of drug-likeness (QED) is 0.494. The summed E-state index contributed by atoms with van der Waals surface area (Å²) in [6.07, 6.45) is 1.94. The summed E-state index contributed by atoms with van der Waals surface area (Å²) < 4.78 is 5.48. The number of carbonyl (C=O) groups excluding carboxylic acids is 2. The Morgan fingerprint density at radius 3 is 2.09 bits per heavy atom. The van der Waals surface area contributed by atoms with Crippen molar-refractivity contribution in [2.45, 2.75) is 31.8 Å². The summed E-state index contributed by atoms with van der Waals surface area (Å²) in [6, 6.07) is 16.2. The van der Waals surface area contributed by atoms with E-state index < -0.39 is 23.5 Å². The maximum atomic E-state index is 12.3. The Morgan fingerprint density at radius 1 is 0.971 bits per heavy atom. The summed E-state index contributed by atoms with van der Waals surface area (Å²) in [6.45, 7) is 2.96. The van der Waals surface area contributed by atoms with Gasteiger partial charge in [-0.25, -0.2) is 19.6 Å². The molecule has 9 heteroatoms. The van der Waals surface area contributed by atoms with Gasteiger partial charge >= 0.3 is 12.1 Å². The van der Waals surface area contributed by atoms with E-state index in [2.05, 4.69) is 32.7 Å². The number of aliphatic carboxylic acids is 1. The zero-order chi connectivity index (χ0) is 24.3. The molecule has 0 fully saturated rings. The zero-order valence-electron chi connectivity index (χ0n) is 18.7. The first-order chi connectivity index (χ1) is 16.3. The SMILES string of the molecule is CC(C)(NC(=O)c1cnc(CNC(=O)OCC2c3ccccc3-c3ccccc32)nc1)C(=O)O. The number of hydrogen-bond acceptors (Lipinski definition) is 6. The van der Waals surface area contributed by atoms with Crippen LogP contribution in [0.5, 0.6) is 0 Å². The maximum Gasteiger partial charge on any atom is 0.407 e. The molecule has 3 N–H and O–H groups in total. The van der Waals surface area contributed by atoms with E-state index in [1.807, 2.05) is 36.4 Å². The summed E-state index contributed by atoms with van der Waals surface area (Å²) in [7, 11) is 0. The molecule has 1 heterocycles. The van der Waals surface area contributed by atoms with Gasteiger partial charge in [0.1, 0.15) is 18.0 Å². The molecule has 9 nitrogen and oxygen atoms in total. The third kappa shape index (κ3) is 4.73. The van der Waals surface area contributed by atoms with Crippen molar-refractivity contribution < 1.29 is 24.2 Å². The molecule has 2 amide bonds. The summed E-state index contributed by atoms with van der Waals surface area (Å²) in [5, 5.41) is 14.1. The molecule has 0 atom stereocenters. The lowest BCUT2D eigenvalue weighted by Gasteiger charge is -2.20. The molecule has 0 unspecified atom stereocenters. The molecule has 1 aliphatic rings. The van der Waals surface area contributed by atoms with E-state index >= 15 is 0 Å². The van der Waals surface area contributed by atoms with Crippen LogP contribution in [0.1, 0.15) is 47.1 Å². The van der Waals surface area contributed by atoms with Gasteiger partial charge in [-0.05, 0) is 36.1 Å².